The van der Waals surface area contributed by atoms with Crippen LogP contribution in [0.15, 0.2) is 34.9 Å². The number of aromatic nitrogens is 2. The number of rotatable bonds is 7. The molecule has 0 atom stereocenters. The number of halogens is 2. The van der Waals surface area contributed by atoms with Crippen LogP contribution in [0.5, 0.6) is 5.75 Å². The van der Waals surface area contributed by atoms with Crippen LogP contribution in [0.3, 0.4) is 0 Å². The van der Waals surface area contributed by atoms with Crippen LogP contribution in [-0.2, 0) is 0 Å². The van der Waals surface area contributed by atoms with Crippen molar-refractivity contribution in [2.24, 2.45) is 0 Å². The van der Waals surface area contributed by atoms with Crippen molar-refractivity contribution >= 4 is 39.0 Å². The summed E-state index contributed by atoms with van der Waals surface area (Å²) in [5.41, 5.74) is -0.0409. The van der Waals surface area contributed by atoms with E-state index < -0.39 is 4.92 Å². The second kappa shape index (κ2) is 7.90. The zero-order valence-corrected chi connectivity index (χ0v) is 13.7. The normalized spacial score (nSPS) is 10.3. The van der Waals surface area contributed by atoms with Gasteiger partial charge in [0.25, 0.3) is 0 Å². The molecule has 0 saturated heterocycles. The number of hydrogen-bond acceptors (Lipinski definition) is 6. The van der Waals surface area contributed by atoms with Gasteiger partial charge in [0, 0.05) is 18.8 Å². The monoisotopic (exact) mass is 386 g/mol. The summed E-state index contributed by atoms with van der Waals surface area (Å²) < 4.78 is 6.14. The number of ether oxygens (including phenoxy) is 1. The van der Waals surface area contributed by atoms with Crippen molar-refractivity contribution in [2.45, 2.75) is 6.42 Å². The number of nitro groups is 1. The average Bonchev–Trinajstić information content (AvgIpc) is 2.50. The lowest BCUT2D eigenvalue weighted by Crippen LogP contribution is -2.09. The number of nitro benzene ring substituents is 1. The lowest BCUT2D eigenvalue weighted by Gasteiger charge is -2.09. The first kappa shape index (κ1) is 16.4. The number of anilines is 1. The second-order valence-corrected chi connectivity index (χ2v) is 5.38. The molecule has 1 aromatic carbocycles. The van der Waals surface area contributed by atoms with Crippen LogP contribution < -0.4 is 10.1 Å². The summed E-state index contributed by atoms with van der Waals surface area (Å²) in [6, 6.07) is 6.28. The maximum Gasteiger partial charge on any atom is 0.310 e. The van der Waals surface area contributed by atoms with Crippen LogP contribution in [0.25, 0.3) is 0 Å². The van der Waals surface area contributed by atoms with Gasteiger partial charge in [-0.15, -0.1) is 0 Å². The Balaban J connectivity index is 1.81. The number of para-hydroxylation sites is 2. The summed E-state index contributed by atoms with van der Waals surface area (Å²) in [5.74, 6) is 0.851. The first-order valence-electron chi connectivity index (χ1n) is 6.36. The Labute approximate surface area is 140 Å². The van der Waals surface area contributed by atoms with E-state index in [1.54, 1.807) is 24.4 Å². The molecule has 0 aliphatic heterocycles. The minimum absolute atomic E-state index is 0.0409. The highest BCUT2D eigenvalue weighted by molar-refractivity contribution is 9.10. The van der Waals surface area contributed by atoms with E-state index in [-0.39, 0.29) is 16.7 Å². The molecule has 0 saturated carbocycles. The summed E-state index contributed by atoms with van der Waals surface area (Å²) >= 11 is 9.02. The van der Waals surface area contributed by atoms with Crippen molar-refractivity contribution in [2.75, 3.05) is 18.5 Å². The molecule has 0 aliphatic carbocycles. The molecular formula is C13H12BrClN4O3. The van der Waals surface area contributed by atoms with Crippen molar-refractivity contribution in [3.05, 3.63) is 50.3 Å². The van der Waals surface area contributed by atoms with Crippen LogP contribution in [0.4, 0.5) is 11.5 Å². The quantitative estimate of drug-likeness (QED) is 0.337. The topological polar surface area (TPSA) is 90.2 Å². The smallest absolute Gasteiger partial charge is 0.310 e. The van der Waals surface area contributed by atoms with Crippen LogP contribution in [-0.4, -0.2) is 28.0 Å². The van der Waals surface area contributed by atoms with Crippen LogP contribution in [0.2, 0.25) is 5.28 Å². The fraction of sp³-hybridized carbons (Fsp3) is 0.231. The standard InChI is InChI=1S/C13H12BrClN4O3/c14-9-8-17-13(15)18-12(9)16-6-3-7-22-11-5-2-1-4-10(11)19(20)21/h1-2,4-5,8H,3,6-7H2,(H,16,17,18). The highest BCUT2D eigenvalue weighted by Gasteiger charge is 2.13. The van der Waals surface area contributed by atoms with Crippen LogP contribution >= 0.6 is 27.5 Å². The third kappa shape index (κ3) is 4.54. The SMILES string of the molecule is O=[N+]([O-])c1ccccc1OCCCNc1nc(Cl)ncc1Br. The molecule has 0 fully saturated rings. The van der Waals surface area contributed by atoms with Gasteiger partial charge in [-0.1, -0.05) is 12.1 Å². The largest absolute Gasteiger partial charge is 0.487 e. The maximum absolute atomic E-state index is 10.8. The molecule has 0 aliphatic rings. The minimum atomic E-state index is -0.465. The molecule has 0 amide bonds. The van der Waals surface area contributed by atoms with E-state index in [0.29, 0.717) is 29.9 Å². The predicted molar refractivity (Wildman–Crippen MR) is 86.4 cm³/mol. The van der Waals surface area contributed by atoms with E-state index >= 15 is 0 Å². The van der Waals surface area contributed by atoms with Gasteiger partial charge in [0.15, 0.2) is 5.75 Å². The Morgan fingerprint density at radius 1 is 1.41 bits per heavy atom. The fourth-order valence-electron chi connectivity index (χ4n) is 1.66. The molecule has 0 bridgehead atoms. The van der Waals surface area contributed by atoms with E-state index in [2.05, 4.69) is 31.2 Å². The number of nitrogens with zero attached hydrogens (tertiary/aromatic N) is 3. The first-order chi connectivity index (χ1) is 10.6. The van der Waals surface area contributed by atoms with Gasteiger partial charge in [0.2, 0.25) is 5.28 Å². The molecule has 0 spiro atoms. The van der Waals surface area contributed by atoms with Gasteiger partial charge in [0.05, 0.1) is 16.0 Å². The van der Waals surface area contributed by atoms with E-state index in [0.717, 1.165) is 0 Å². The minimum Gasteiger partial charge on any atom is -0.487 e. The summed E-state index contributed by atoms with van der Waals surface area (Å²) in [7, 11) is 0. The Morgan fingerprint density at radius 2 is 2.18 bits per heavy atom. The Bertz CT molecular complexity index is 671. The van der Waals surface area contributed by atoms with Crippen molar-refractivity contribution in [3.8, 4) is 5.75 Å². The summed E-state index contributed by atoms with van der Waals surface area (Å²) in [4.78, 5) is 18.2. The third-order valence-corrected chi connectivity index (χ3v) is 3.41. The van der Waals surface area contributed by atoms with Crippen LogP contribution in [0.1, 0.15) is 6.42 Å². The fourth-order valence-corrected chi connectivity index (χ4v) is 2.13. The molecule has 1 heterocycles. The highest BCUT2D eigenvalue weighted by Crippen LogP contribution is 2.25. The van der Waals surface area contributed by atoms with Gasteiger partial charge >= 0.3 is 5.69 Å². The van der Waals surface area contributed by atoms with E-state index in [4.69, 9.17) is 16.3 Å². The Hall–Kier alpha value is -1.93. The summed E-state index contributed by atoms with van der Waals surface area (Å²) in [5, 5.41) is 14.1. The zero-order valence-electron chi connectivity index (χ0n) is 11.3. The molecule has 1 N–H and O–H groups in total. The molecule has 22 heavy (non-hydrogen) atoms. The molecular weight excluding hydrogens is 376 g/mol. The van der Waals surface area contributed by atoms with Crippen LogP contribution in [0, 0.1) is 10.1 Å². The molecule has 7 nitrogen and oxygen atoms in total. The molecule has 2 rings (SSSR count). The van der Waals surface area contributed by atoms with E-state index in [9.17, 15) is 10.1 Å². The van der Waals surface area contributed by atoms with Crippen molar-refractivity contribution in [3.63, 3.8) is 0 Å². The lowest BCUT2D eigenvalue weighted by atomic mass is 10.3. The average molecular weight is 388 g/mol. The van der Waals surface area contributed by atoms with Gasteiger partial charge in [-0.05, 0) is 40.0 Å². The van der Waals surface area contributed by atoms with Gasteiger partial charge in [-0.25, -0.2) is 4.98 Å². The summed E-state index contributed by atoms with van der Waals surface area (Å²) in [6.07, 6.45) is 2.20. The lowest BCUT2D eigenvalue weighted by molar-refractivity contribution is -0.385. The van der Waals surface area contributed by atoms with Gasteiger partial charge in [-0.3, -0.25) is 10.1 Å². The van der Waals surface area contributed by atoms with E-state index in [1.165, 1.54) is 6.07 Å². The molecule has 1 aromatic heterocycles. The highest BCUT2D eigenvalue weighted by atomic mass is 79.9. The molecule has 0 unspecified atom stereocenters. The molecule has 116 valence electrons. The Morgan fingerprint density at radius 3 is 2.95 bits per heavy atom. The Kier molecular flexibility index (Phi) is 5.91. The van der Waals surface area contributed by atoms with Crippen molar-refractivity contribution in [1.82, 2.24) is 9.97 Å². The van der Waals surface area contributed by atoms with Gasteiger partial charge in [-0.2, -0.15) is 4.98 Å². The summed E-state index contributed by atoms with van der Waals surface area (Å²) in [6.45, 7) is 0.918. The van der Waals surface area contributed by atoms with Gasteiger partial charge in [0.1, 0.15) is 5.82 Å². The van der Waals surface area contributed by atoms with Crippen molar-refractivity contribution in [1.29, 1.82) is 0 Å². The van der Waals surface area contributed by atoms with Crippen molar-refractivity contribution < 1.29 is 9.66 Å². The predicted octanol–water partition coefficient (Wildman–Crippen LogP) is 3.68. The number of benzene rings is 1. The number of nitrogens with one attached hydrogen (secondary N) is 1. The zero-order chi connectivity index (χ0) is 15.9. The first-order valence-corrected chi connectivity index (χ1v) is 7.53. The maximum atomic E-state index is 10.8. The molecule has 9 heteroatoms. The second-order valence-electron chi connectivity index (χ2n) is 4.19. The molecule has 2 aromatic rings. The van der Waals surface area contributed by atoms with E-state index in [1.807, 2.05) is 0 Å². The molecule has 0 radical (unpaired) electrons. The number of hydrogen-bond donors (Lipinski definition) is 1. The van der Waals surface area contributed by atoms with Gasteiger partial charge < -0.3 is 10.1 Å². The third-order valence-electron chi connectivity index (χ3n) is 2.65.